The Morgan fingerprint density at radius 1 is 0.662 bits per heavy atom. The topological polar surface area (TPSA) is 146 Å². The molecular formula is C62H96O9. The molecule has 0 aromatic heterocycles. The van der Waals surface area contributed by atoms with E-state index in [1.54, 1.807) is 26.0 Å². The van der Waals surface area contributed by atoms with Crippen molar-refractivity contribution in [1.82, 2.24) is 0 Å². The maximum atomic E-state index is 12.5. The average Bonchev–Trinajstić information content (AvgIpc) is 3.30. The number of allylic oxidation sites excluding steroid dienone is 22. The summed E-state index contributed by atoms with van der Waals surface area (Å²) in [6.07, 6.45) is 43.1. The van der Waals surface area contributed by atoms with E-state index in [0.29, 0.717) is 0 Å². The normalized spacial score (nSPS) is 24.1. The molecule has 1 fully saturated rings. The Morgan fingerprint density at radius 3 is 1.61 bits per heavy atom. The lowest BCUT2D eigenvalue weighted by atomic mass is 9.71. The number of hydrogen-bond donors (Lipinski definition) is 5. The summed E-state index contributed by atoms with van der Waals surface area (Å²) in [6, 6.07) is 0. The van der Waals surface area contributed by atoms with Crippen LogP contribution in [0.4, 0.5) is 0 Å². The number of ether oxygens (including phenoxy) is 3. The maximum Gasteiger partial charge on any atom is 0.305 e. The third kappa shape index (κ3) is 26.6. The van der Waals surface area contributed by atoms with Gasteiger partial charge < -0.3 is 39.7 Å². The zero-order valence-electron chi connectivity index (χ0n) is 45.7. The van der Waals surface area contributed by atoms with E-state index >= 15 is 0 Å². The van der Waals surface area contributed by atoms with E-state index in [1.165, 1.54) is 80.9 Å². The summed E-state index contributed by atoms with van der Waals surface area (Å²) in [7, 11) is 0. The van der Waals surface area contributed by atoms with Crippen molar-refractivity contribution in [2.75, 3.05) is 6.61 Å². The van der Waals surface area contributed by atoms with Crippen LogP contribution in [0.2, 0.25) is 0 Å². The van der Waals surface area contributed by atoms with E-state index in [0.717, 1.165) is 54.4 Å². The van der Waals surface area contributed by atoms with Crippen LogP contribution in [0.25, 0.3) is 0 Å². The molecule has 2 rings (SSSR count). The Hall–Kier alpha value is -3.93. The van der Waals surface area contributed by atoms with Crippen molar-refractivity contribution >= 4 is 5.97 Å². The highest BCUT2D eigenvalue weighted by molar-refractivity contribution is 5.69. The predicted octanol–water partition coefficient (Wildman–Crippen LogP) is 13.5. The Bertz CT molecular complexity index is 1960. The van der Waals surface area contributed by atoms with Crippen molar-refractivity contribution in [3.63, 3.8) is 0 Å². The summed E-state index contributed by atoms with van der Waals surface area (Å²) < 4.78 is 17.2. The van der Waals surface area contributed by atoms with Crippen molar-refractivity contribution in [1.29, 1.82) is 0 Å². The fraction of sp³-hybridized carbons (Fsp3) is 0.597. The summed E-state index contributed by atoms with van der Waals surface area (Å²) in [5, 5.41) is 53.2. The number of unbranched alkanes of at least 4 members (excludes halogenated alkanes) is 12. The zero-order chi connectivity index (χ0) is 52.8. The lowest BCUT2D eigenvalue weighted by molar-refractivity contribution is -0.329. The Kier molecular flexibility index (Phi) is 30.7. The van der Waals surface area contributed by atoms with E-state index in [9.17, 15) is 30.3 Å². The predicted molar refractivity (Wildman–Crippen MR) is 294 cm³/mol. The Labute approximate surface area is 430 Å². The molecule has 0 aromatic rings. The molecule has 9 heteroatoms. The van der Waals surface area contributed by atoms with Crippen LogP contribution in [0.3, 0.4) is 0 Å². The highest BCUT2D eigenvalue weighted by Crippen LogP contribution is 2.41. The minimum absolute atomic E-state index is 0.0271. The molecular weight excluding hydrogens is 889 g/mol. The first kappa shape index (κ1) is 63.2. The second-order valence-corrected chi connectivity index (χ2v) is 21.2. The molecule has 1 aliphatic heterocycles. The first-order valence-corrected chi connectivity index (χ1v) is 26.7. The minimum Gasteiger partial charge on any atom is -0.463 e. The SMILES string of the molecule is CCCCCCCCCCCCCCCC(=O)OCC1OC(OC(C)(C)C(O)C=CC(C)=CC=CC(C)=CC=CC(C)=CC=CC=C(C)C=CC=C(C)C=CC2=C(C)CC(O)CC2(C)C)C(O)C(O)C1O. The molecule has 0 radical (unpaired) electrons. The standard InChI is InChI=1S/C62H96O9/c1-12-13-14-15-16-17-18-19-20-21-22-23-24-38-56(65)69-45-54-57(66)58(67)59(68)60(70-54)71-62(10,11)55(64)42-40-50(6)37-29-35-48(4)34-27-32-46(2)30-25-26-31-47(3)33-28-36-49(5)39-41-53-51(7)43-52(63)44-61(53,8)9/h25-37,39-42,52,54-55,57-60,63-64,66-68H,12-24,38,43-45H2,1-11H3. The molecule has 9 nitrogen and oxygen atoms in total. The number of aliphatic hydroxyl groups is 5. The van der Waals surface area contributed by atoms with Gasteiger partial charge in [0.1, 0.15) is 37.1 Å². The number of aliphatic hydroxyl groups excluding tert-OH is 5. The lowest BCUT2D eigenvalue weighted by Gasteiger charge is -2.43. The average molecular weight is 985 g/mol. The van der Waals surface area contributed by atoms with E-state index in [4.69, 9.17) is 14.2 Å². The third-order valence-electron chi connectivity index (χ3n) is 13.2. The molecule has 0 bridgehead atoms. The first-order chi connectivity index (χ1) is 33.7. The fourth-order valence-electron chi connectivity index (χ4n) is 8.67. The molecule has 5 N–H and O–H groups in total. The number of carbonyl (C=O) groups is 1. The minimum atomic E-state index is -1.60. The van der Waals surface area contributed by atoms with Gasteiger partial charge in [0.25, 0.3) is 0 Å². The van der Waals surface area contributed by atoms with Crippen LogP contribution in [0.15, 0.2) is 142 Å². The Morgan fingerprint density at radius 2 is 1.11 bits per heavy atom. The van der Waals surface area contributed by atoms with Crippen LogP contribution in [0.1, 0.15) is 179 Å². The monoisotopic (exact) mass is 985 g/mol. The molecule has 0 amide bonds. The van der Waals surface area contributed by atoms with Gasteiger partial charge in [-0.25, -0.2) is 0 Å². The van der Waals surface area contributed by atoms with Gasteiger partial charge in [-0.1, -0.05) is 235 Å². The maximum absolute atomic E-state index is 12.5. The summed E-state index contributed by atoms with van der Waals surface area (Å²) in [5.74, 6) is -0.407. The molecule has 7 atom stereocenters. The van der Waals surface area contributed by atoms with Gasteiger partial charge in [-0.05, 0) is 85.6 Å². The first-order valence-electron chi connectivity index (χ1n) is 26.7. The van der Waals surface area contributed by atoms with Crippen LogP contribution < -0.4 is 0 Å². The molecule has 1 aliphatic carbocycles. The lowest BCUT2D eigenvalue weighted by Crippen LogP contribution is -2.61. The summed E-state index contributed by atoms with van der Waals surface area (Å²) in [5.41, 5.74) is 6.67. The second kappa shape index (κ2) is 34.5. The van der Waals surface area contributed by atoms with E-state index < -0.39 is 48.4 Å². The van der Waals surface area contributed by atoms with Gasteiger partial charge in [-0.2, -0.15) is 0 Å². The van der Waals surface area contributed by atoms with Gasteiger partial charge in [0.15, 0.2) is 6.29 Å². The summed E-state index contributed by atoms with van der Waals surface area (Å²) in [4.78, 5) is 12.5. The number of hydrogen-bond acceptors (Lipinski definition) is 9. The van der Waals surface area contributed by atoms with Crippen molar-refractivity contribution in [2.45, 2.75) is 227 Å². The molecule has 0 aromatic carbocycles. The van der Waals surface area contributed by atoms with Crippen LogP contribution in [0.5, 0.6) is 0 Å². The molecule has 398 valence electrons. The van der Waals surface area contributed by atoms with Gasteiger partial charge in [-0.15, -0.1) is 0 Å². The summed E-state index contributed by atoms with van der Waals surface area (Å²) >= 11 is 0. The quantitative estimate of drug-likeness (QED) is 0.0260. The number of carbonyl (C=O) groups excluding carboxylic acids is 1. The highest BCUT2D eigenvalue weighted by Gasteiger charge is 2.47. The van der Waals surface area contributed by atoms with Crippen LogP contribution >= 0.6 is 0 Å². The van der Waals surface area contributed by atoms with Crippen molar-refractivity contribution in [3.05, 3.63) is 142 Å². The van der Waals surface area contributed by atoms with Gasteiger partial charge >= 0.3 is 5.97 Å². The molecule has 1 saturated heterocycles. The van der Waals surface area contributed by atoms with Crippen molar-refractivity contribution in [3.8, 4) is 0 Å². The van der Waals surface area contributed by atoms with E-state index in [2.05, 4.69) is 97.1 Å². The van der Waals surface area contributed by atoms with Gasteiger partial charge in [0.05, 0.1) is 11.7 Å². The van der Waals surface area contributed by atoms with Gasteiger partial charge in [0, 0.05) is 6.42 Å². The summed E-state index contributed by atoms with van der Waals surface area (Å²) in [6.45, 7) is 21.9. The second-order valence-electron chi connectivity index (χ2n) is 21.2. The van der Waals surface area contributed by atoms with Crippen LogP contribution in [0, 0.1) is 5.41 Å². The number of esters is 1. The highest BCUT2D eigenvalue weighted by atomic mass is 16.7. The third-order valence-corrected chi connectivity index (χ3v) is 13.2. The Balaban J connectivity index is 1.79. The fourth-order valence-corrected chi connectivity index (χ4v) is 8.67. The van der Waals surface area contributed by atoms with Crippen molar-refractivity contribution in [2.24, 2.45) is 5.41 Å². The van der Waals surface area contributed by atoms with Gasteiger partial charge in [-0.3, -0.25) is 4.79 Å². The molecule has 0 spiro atoms. The molecule has 71 heavy (non-hydrogen) atoms. The molecule has 2 aliphatic rings. The van der Waals surface area contributed by atoms with Crippen LogP contribution in [-0.2, 0) is 19.0 Å². The number of rotatable bonds is 31. The van der Waals surface area contributed by atoms with E-state index in [-0.39, 0.29) is 24.5 Å². The zero-order valence-corrected chi connectivity index (χ0v) is 45.7. The van der Waals surface area contributed by atoms with Gasteiger partial charge in [0.2, 0.25) is 0 Å². The van der Waals surface area contributed by atoms with Crippen LogP contribution in [-0.4, -0.2) is 86.6 Å². The smallest absolute Gasteiger partial charge is 0.305 e. The van der Waals surface area contributed by atoms with Crippen molar-refractivity contribution < 1.29 is 44.5 Å². The molecule has 0 saturated carbocycles. The largest absolute Gasteiger partial charge is 0.463 e. The molecule has 7 unspecified atom stereocenters. The molecule has 1 heterocycles. The van der Waals surface area contributed by atoms with E-state index in [1.807, 2.05) is 56.4 Å².